The molecule has 0 bridgehead atoms. The molecular weight excluding hydrogens is 328 g/mol. The average molecular weight is 347 g/mol. The third-order valence-corrected chi connectivity index (χ3v) is 4.34. The molecule has 1 fully saturated rings. The number of nitrogens with one attached hydrogen (secondary N) is 1. The van der Waals surface area contributed by atoms with Gasteiger partial charge in [-0.2, -0.15) is 0 Å². The van der Waals surface area contributed by atoms with Crippen LogP contribution in [0.25, 0.3) is 0 Å². The molecule has 1 unspecified atom stereocenters. The maximum absolute atomic E-state index is 13.1. The van der Waals surface area contributed by atoms with Gasteiger partial charge in [-0.25, -0.2) is 8.78 Å². The van der Waals surface area contributed by atoms with Crippen molar-refractivity contribution in [1.82, 2.24) is 5.32 Å². The number of amides is 1. The van der Waals surface area contributed by atoms with Crippen molar-refractivity contribution in [3.63, 3.8) is 0 Å². The van der Waals surface area contributed by atoms with E-state index < -0.39 is 23.2 Å². The maximum atomic E-state index is 13.1. The number of halogens is 2. The van der Waals surface area contributed by atoms with Crippen LogP contribution in [0.4, 0.5) is 8.78 Å². The largest absolute Gasteiger partial charge is 0.491 e. The first-order valence-corrected chi connectivity index (χ1v) is 8.11. The van der Waals surface area contributed by atoms with E-state index in [1.165, 1.54) is 6.07 Å². The highest BCUT2D eigenvalue weighted by Crippen LogP contribution is 2.48. The van der Waals surface area contributed by atoms with Gasteiger partial charge in [0.25, 0.3) is 0 Å². The SMILES string of the molecule is O=C(NCC(O)COc1ccc(F)c(F)c1)C1(c2ccccc2)CC1. The molecule has 0 saturated heterocycles. The van der Waals surface area contributed by atoms with E-state index in [1.807, 2.05) is 30.3 Å². The van der Waals surface area contributed by atoms with Crippen molar-refractivity contribution in [3.8, 4) is 5.75 Å². The summed E-state index contributed by atoms with van der Waals surface area (Å²) in [6.07, 6.45) is 0.609. The van der Waals surface area contributed by atoms with E-state index in [4.69, 9.17) is 4.74 Å². The summed E-state index contributed by atoms with van der Waals surface area (Å²) < 4.78 is 31.1. The van der Waals surface area contributed by atoms with Crippen molar-refractivity contribution in [3.05, 3.63) is 65.7 Å². The van der Waals surface area contributed by atoms with Crippen LogP contribution < -0.4 is 10.1 Å². The zero-order chi connectivity index (χ0) is 17.9. The molecule has 4 nitrogen and oxygen atoms in total. The molecule has 0 aromatic heterocycles. The summed E-state index contributed by atoms with van der Waals surface area (Å²) in [5, 5.41) is 12.7. The fourth-order valence-electron chi connectivity index (χ4n) is 2.73. The standard InChI is InChI=1S/C19H19F2NO3/c20-16-7-6-15(10-17(16)21)25-12-14(23)11-22-18(24)19(8-9-19)13-4-2-1-3-5-13/h1-7,10,14,23H,8-9,11-12H2,(H,22,24). The molecule has 0 heterocycles. The lowest BCUT2D eigenvalue weighted by atomic mass is 9.95. The number of benzene rings is 2. The van der Waals surface area contributed by atoms with E-state index in [0.29, 0.717) is 0 Å². The summed E-state index contributed by atoms with van der Waals surface area (Å²) in [5.41, 5.74) is 0.474. The van der Waals surface area contributed by atoms with E-state index in [0.717, 1.165) is 30.5 Å². The van der Waals surface area contributed by atoms with Crippen LogP contribution in [0.2, 0.25) is 0 Å². The molecule has 0 aliphatic heterocycles. The predicted octanol–water partition coefficient (Wildman–Crippen LogP) is 2.55. The number of rotatable bonds is 7. The second kappa shape index (κ2) is 7.19. The number of hydrogen-bond acceptors (Lipinski definition) is 3. The molecule has 0 spiro atoms. The number of carbonyl (C=O) groups is 1. The molecule has 1 amide bonds. The number of carbonyl (C=O) groups excluding carboxylic acids is 1. The summed E-state index contributed by atoms with van der Waals surface area (Å²) in [4.78, 5) is 12.4. The van der Waals surface area contributed by atoms with E-state index in [1.54, 1.807) is 0 Å². The molecule has 132 valence electrons. The van der Waals surface area contributed by atoms with Crippen molar-refractivity contribution < 1.29 is 23.4 Å². The van der Waals surface area contributed by atoms with E-state index >= 15 is 0 Å². The highest BCUT2D eigenvalue weighted by atomic mass is 19.2. The van der Waals surface area contributed by atoms with E-state index in [9.17, 15) is 18.7 Å². The molecule has 2 aromatic rings. The van der Waals surface area contributed by atoms with Gasteiger partial charge in [-0.1, -0.05) is 30.3 Å². The number of aliphatic hydroxyl groups excluding tert-OH is 1. The van der Waals surface area contributed by atoms with Gasteiger partial charge >= 0.3 is 0 Å². The third-order valence-electron chi connectivity index (χ3n) is 4.34. The van der Waals surface area contributed by atoms with Gasteiger partial charge in [0, 0.05) is 12.6 Å². The van der Waals surface area contributed by atoms with Crippen LogP contribution in [0.1, 0.15) is 18.4 Å². The molecule has 1 aliphatic rings. The van der Waals surface area contributed by atoms with Gasteiger partial charge in [0.15, 0.2) is 11.6 Å². The molecule has 2 aromatic carbocycles. The fourth-order valence-corrected chi connectivity index (χ4v) is 2.73. The first kappa shape index (κ1) is 17.4. The molecule has 25 heavy (non-hydrogen) atoms. The average Bonchev–Trinajstić information content (AvgIpc) is 3.43. The van der Waals surface area contributed by atoms with E-state index in [2.05, 4.69) is 5.32 Å². The van der Waals surface area contributed by atoms with Crippen molar-refractivity contribution in [2.24, 2.45) is 0 Å². The van der Waals surface area contributed by atoms with Crippen molar-refractivity contribution in [1.29, 1.82) is 0 Å². The Labute approximate surface area is 144 Å². The van der Waals surface area contributed by atoms with Crippen LogP contribution >= 0.6 is 0 Å². The zero-order valence-corrected chi connectivity index (χ0v) is 13.5. The normalized spacial score (nSPS) is 16.1. The second-order valence-electron chi connectivity index (χ2n) is 6.20. The Morgan fingerprint density at radius 3 is 2.52 bits per heavy atom. The minimum atomic E-state index is -1.01. The quantitative estimate of drug-likeness (QED) is 0.809. The lowest BCUT2D eigenvalue weighted by Gasteiger charge is -2.18. The third kappa shape index (κ3) is 3.96. The monoisotopic (exact) mass is 347 g/mol. The van der Waals surface area contributed by atoms with Crippen LogP contribution in [0, 0.1) is 11.6 Å². The summed E-state index contributed by atoms with van der Waals surface area (Å²) in [6.45, 7) is -0.110. The van der Waals surface area contributed by atoms with Crippen molar-refractivity contribution in [2.75, 3.05) is 13.2 Å². The van der Waals surface area contributed by atoms with Crippen LogP contribution in [-0.2, 0) is 10.2 Å². The first-order chi connectivity index (χ1) is 12.0. The molecule has 3 rings (SSSR count). The topological polar surface area (TPSA) is 58.6 Å². The highest BCUT2D eigenvalue weighted by Gasteiger charge is 2.51. The van der Waals surface area contributed by atoms with Crippen LogP contribution in [0.5, 0.6) is 5.75 Å². The lowest BCUT2D eigenvalue weighted by molar-refractivity contribution is -0.124. The Morgan fingerprint density at radius 2 is 1.88 bits per heavy atom. The zero-order valence-electron chi connectivity index (χ0n) is 13.5. The van der Waals surface area contributed by atoms with Gasteiger partial charge in [-0.3, -0.25) is 4.79 Å². The molecule has 1 atom stereocenters. The fraction of sp³-hybridized carbons (Fsp3) is 0.316. The van der Waals surface area contributed by atoms with Crippen LogP contribution in [-0.4, -0.2) is 30.3 Å². The molecule has 1 aliphatic carbocycles. The van der Waals surface area contributed by atoms with Gasteiger partial charge < -0.3 is 15.2 Å². The summed E-state index contributed by atoms with van der Waals surface area (Å²) >= 11 is 0. The molecule has 1 saturated carbocycles. The van der Waals surface area contributed by atoms with Gasteiger partial charge in [-0.05, 0) is 30.5 Å². The lowest BCUT2D eigenvalue weighted by Crippen LogP contribution is -2.40. The molecular formula is C19H19F2NO3. The highest BCUT2D eigenvalue weighted by molar-refractivity contribution is 5.91. The Bertz CT molecular complexity index is 748. The predicted molar refractivity (Wildman–Crippen MR) is 88.2 cm³/mol. The second-order valence-corrected chi connectivity index (χ2v) is 6.20. The van der Waals surface area contributed by atoms with Gasteiger partial charge in [0.05, 0.1) is 5.41 Å². The minimum Gasteiger partial charge on any atom is -0.491 e. The van der Waals surface area contributed by atoms with Crippen molar-refractivity contribution in [2.45, 2.75) is 24.4 Å². The Morgan fingerprint density at radius 1 is 1.16 bits per heavy atom. The Kier molecular flexibility index (Phi) is 4.99. The number of ether oxygens (including phenoxy) is 1. The first-order valence-electron chi connectivity index (χ1n) is 8.11. The molecule has 2 N–H and O–H groups in total. The van der Waals surface area contributed by atoms with Gasteiger partial charge in [-0.15, -0.1) is 0 Å². The Hall–Kier alpha value is -2.47. The summed E-state index contributed by atoms with van der Waals surface area (Å²) in [6, 6.07) is 12.7. The van der Waals surface area contributed by atoms with Gasteiger partial charge in [0.2, 0.25) is 5.91 Å². The van der Waals surface area contributed by atoms with Gasteiger partial charge in [0.1, 0.15) is 18.5 Å². The van der Waals surface area contributed by atoms with Crippen LogP contribution in [0.15, 0.2) is 48.5 Å². The smallest absolute Gasteiger partial charge is 0.230 e. The molecule has 0 radical (unpaired) electrons. The summed E-state index contributed by atoms with van der Waals surface area (Å²) in [7, 11) is 0. The Balaban J connectivity index is 1.48. The maximum Gasteiger partial charge on any atom is 0.230 e. The molecule has 6 heteroatoms. The van der Waals surface area contributed by atoms with Crippen molar-refractivity contribution >= 4 is 5.91 Å². The number of hydrogen-bond donors (Lipinski definition) is 2. The van der Waals surface area contributed by atoms with E-state index in [-0.39, 0.29) is 24.8 Å². The summed E-state index contributed by atoms with van der Waals surface area (Å²) in [5.74, 6) is -1.98. The van der Waals surface area contributed by atoms with Crippen LogP contribution in [0.3, 0.4) is 0 Å². The number of aliphatic hydroxyl groups is 1. The minimum absolute atomic E-state index is 0.0249.